The van der Waals surface area contributed by atoms with Crippen LogP contribution in [0, 0.1) is 6.92 Å². The lowest BCUT2D eigenvalue weighted by Gasteiger charge is -2.28. The molecule has 1 aliphatic rings. The van der Waals surface area contributed by atoms with E-state index in [2.05, 4.69) is 39.6 Å². The van der Waals surface area contributed by atoms with Gasteiger partial charge in [-0.15, -0.1) is 11.3 Å². The molecular formula is C24H24N4O2S. The van der Waals surface area contributed by atoms with E-state index in [-0.39, 0.29) is 5.91 Å². The number of hydrogen-bond donors (Lipinski definition) is 1. The van der Waals surface area contributed by atoms with Crippen LogP contribution in [0.25, 0.3) is 15.9 Å². The summed E-state index contributed by atoms with van der Waals surface area (Å²) in [6.45, 7) is 5.86. The number of thiophene rings is 1. The monoisotopic (exact) mass is 432 g/mol. The lowest BCUT2D eigenvalue weighted by Crippen LogP contribution is -2.36. The smallest absolute Gasteiger partial charge is 0.261 e. The molecule has 1 N–H and O–H groups in total. The third kappa shape index (κ3) is 4.06. The fourth-order valence-electron chi connectivity index (χ4n) is 3.82. The lowest BCUT2D eigenvalue weighted by atomic mass is 10.2. The van der Waals surface area contributed by atoms with Crippen LogP contribution in [0.4, 0.5) is 5.69 Å². The maximum Gasteiger partial charge on any atom is 0.261 e. The molecule has 6 nitrogen and oxygen atoms in total. The summed E-state index contributed by atoms with van der Waals surface area (Å²) in [6, 6.07) is 20.3. The number of carbonyl (C=O) groups is 1. The van der Waals surface area contributed by atoms with E-state index < -0.39 is 0 Å². The first kappa shape index (κ1) is 19.8. The summed E-state index contributed by atoms with van der Waals surface area (Å²) in [6.07, 6.45) is 0. The molecule has 0 bridgehead atoms. The highest BCUT2D eigenvalue weighted by molar-refractivity contribution is 7.20. The normalized spacial score (nSPS) is 14.2. The number of amides is 1. The average Bonchev–Trinajstić information content (AvgIpc) is 3.40. The van der Waals surface area contributed by atoms with Gasteiger partial charge in [0, 0.05) is 30.7 Å². The molecule has 0 unspecified atom stereocenters. The third-order valence-electron chi connectivity index (χ3n) is 5.53. The van der Waals surface area contributed by atoms with Crippen molar-refractivity contribution in [1.82, 2.24) is 15.1 Å². The minimum absolute atomic E-state index is 0.0579. The van der Waals surface area contributed by atoms with Crippen molar-refractivity contribution in [3.05, 3.63) is 76.8 Å². The second kappa shape index (κ2) is 8.53. The Morgan fingerprint density at radius 1 is 1.06 bits per heavy atom. The average molecular weight is 433 g/mol. The second-order valence-corrected chi connectivity index (χ2v) is 8.64. The number of nitrogens with zero attached hydrogens (tertiary/aromatic N) is 3. The first-order valence-corrected chi connectivity index (χ1v) is 11.2. The molecule has 0 aliphatic carbocycles. The topological polar surface area (TPSA) is 59.4 Å². The van der Waals surface area contributed by atoms with Gasteiger partial charge in [-0.2, -0.15) is 5.10 Å². The Hall–Kier alpha value is -3.16. The number of nitrogens with one attached hydrogen (secondary N) is 1. The van der Waals surface area contributed by atoms with Gasteiger partial charge in [-0.3, -0.25) is 4.79 Å². The number of ether oxygens (including phenoxy) is 1. The summed E-state index contributed by atoms with van der Waals surface area (Å²) in [7, 11) is 0. The summed E-state index contributed by atoms with van der Waals surface area (Å²) in [5.74, 6) is -0.0579. The first-order chi connectivity index (χ1) is 15.2. The zero-order chi connectivity index (χ0) is 21.2. The zero-order valence-electron chi connectivity index (χ0n) is 17.4. The van der Waals surface area contributed by atoms with Crippen molar-refractivity contribution in [2.24, 2.45) is 0 Å². The van der Waals surface area contributed by atoms with Crippen LogP contribution in [0.1, 0.15) is 20.9 Å². The van der Waals surface area contributed by atoms with Gasteiger partial charge in [0.15, 0.2) is 0 Å². The summed E-state index contributed by atoms with van der Waals surface area (Å²) in [4.78, 5) is 16.8. The molecule has 1 amide bonds. The van der Waals surface area contributed by atoms with E-state index >= 15 is 0 Å². The van der Waals surface area contributed by atoms with Gasteiger partial charge in [0.05, 0.1) is 29.5 Å². The number of para-hydroxylation sites is 1. The highest BCUT2D eigenvalue weighted by Gasteiger charge is 2.17. The number of rotatable bonds is 5. The van der Waals surface area contributed by atoms with E-state index in [0.717, 1.165) is 53.5 Å². The predicted octanol–water partition coefficient (Wildman–Crippen LogP) is 4.16. The molecule has 0 saturated carbocycles. The molecule has 0 spiro atoms. The summed E-state index contributed by atoms with van der Waals surface area (Å²) >= 11 is 1.47. The molecule has 0 radical (unpaired) electrons. The van der Waals surface area contributed by atoms with Crippen molar-refractivity contribution in [2.45, 2.75) is 13.5 Å². The Morgan fingerprint density at radius 2 is 1.81 bits per heavy atom. The van der Waals surface area contributed by atoms with Gasteiger partial charge < -0.3 is 15.0 Å². The van der Waals surface area contributed by atoms with E-state index in [9.17, 15) is 4.79 Å². The zero-order valence-corrected chi connectivity index (χ0v) is 18.2. The minimum Gasteiger partial charge on any atom is -0.378 e. The van der Waals surface area contributed by atoms with E-state index in [1.807, 2.05) is 48.0 Å². The van der Waals surface area contributed by atoms with Crippen molar-refractivity contribution in [3.63, 3.8) is 0 Å². The predicted molar refractivity (Wildman–Crippen MR) is 124 cm³/mol. The number of anilines is 1. The van der Waals surface area contributed by atoms with Crippen LogP contribution in [-0.2, 0) is 11.3 Å². The molecule has 5 rings (SSSR count). The van der Waals surface area contributed by atoms with E-state index in [0.29, 0.717) is 11.4 Å². The van der Waals surface area contributed by atoms with Gasteiger partial charge >= 0.3 is 0 Å². The van der Waals surface area contributed by atoms with Crippen LogP contribution in [0.5, 0.6) is 0 Å². The summed E-state index contributed by atoms with van der Waals surface area (Å²) in [5.41, 5.74) is 4.20. The number of benzene rings is 2. The van der Waals surface area contributed by atoms with Crippen molar-refractivity contribution >= 4 is 33.1 Å². The minimum atomic E-state index is -0.0579. The maximum atomic E-state index is 12.8. The van der Waals surface area contributed by atoms with Gasteiger partial charge in [-0.25, -0.2) is 4.68 Å². The number of hydrogen-bond acceptors (Lipinski definition) is 5. The van der Waals surface area contributed by atoms with Crippen LogP contribution in [0.2, 0.25) is 0 Å². The number of carbonyl (C=O) groups excluding carboxylic acids is 1. The number of morpholine rings is 1. The van der Waals surface area contributed by atoms with E-state index in [1.165, 1.54) is 17.0 Å². The van der Waals surface area contributed by atoms with Gasteiger partial charge in [-0.05, 0) is 42.8 Å². The fraction of sp³-hybridized carbons (Fsp3) is 0.250. The van der Waals surface area contributed by atoms with Crippen LogP contribution in [0.3, 0.4) is 0 Å². The van der Waals surface area contributed by atoms with E-state index in [4.69, 9.17) is 4.74 Å². The molecule has 31 heavy (non-hydrogen) atoms. The van der Waals surface area contributed by atoms with Gasteiger partial charge in [0.1, 0.15) is 4.83 Å². The Bertz CT molecular complexity index is 1190. The van der Waals surface area contributed by atoms with Crippen molar-refractivity contribution in [3.8, 4) is 5.69 Å². The Labute approximate surface area is 185 Å². The SMILES string of the molecule is Cc1nn(-c2ccccc2)c2sc(C(=O)NCc3ccc(N4CCOCC4)cc3)cc12. The summed E-state index contributed by atoms with van der Waals surface area (Å²) < 4.78 is 7.33. The number of aryl methyl sites for hydroxylation is 1. The quantitative estimate of drug-likeness (QED) is 0.514. The molecule has 1 fully saturated rings. The molecule has 1 aliphatic heterocycles. The highest BCUT2D eigenvalue weighted by atomic mass is 32.1. The van der Waals surface area contributed by atoms with Crippen LogP contribution in [0.15, 0.2) is 60.7 Å². The first-order valence-electron chi connectivity index (χ1n) is 10.4. The standard InChI is InChI=1S/C24H24N4O2S/c1-17-21-15-22(31-24(21)28(26-17)20-5-3-2-4-6-20)23(29)25-16-18-7-9-19(10-8-18)27-11-13-30-14-12-27/h2-10,15H,11-14,16H2,1H3,(H,25,29). The number of aromatic nitrogens is 2. The molecule has 7 heteroatoms. The highest BCUT2D eigenvalue weighted by Crippen LogP contribution is 2.30. The van der Waals surface area contributed by atoms with Crippen molar-refractivity contribution in [2.75, 3.05) is 31.2 Å². The molecule has 1 saturated heterocycles. The van der Waals surface area contributed by atoms with Gasteiger partial charge in [0.2, 0.25) is 0 Å². The molecule has 0 atom stereocenters. The van der Waals surface area contributed by atoms with Crippen LogP contribution >= 0.6 is 11.3 Å². The number of fused-ring (bicyclic) bond motifs is 1. The van der Waals surface area contributed by atoms with Gasteiger partial charge in [-0.1, -0.05) is 30.3 Å². The van der Waals surface area contributed by atoms with Crippen LogP contribution < -0.4 is 10.2 Å². The molecule has 4 aromatic rings. The van der Waals surface area contributed by atoms with Crippen LogP contribution in [-0.4, -0.2) is 42.0 Å². The third-order valence-corrected chi connectivity index (χ3v) is 6.64. The molecule has 3 heterocycles. The van der Waals surface area contributed by atoms with E-state index in [1.54, 1.807) is 0 Å². The van der Waals surface area contributed by atoms with Crippen molar-refractivity contribution in [1.29, 1.82) is 0 Å². The maximum absolute atomic E-state index is 12.8. The Morgan fingerprint density at radius 3 is 2.55 bits per heavy atom. The Kier molecular flexibility index (Phi) is 5.44. The molecule has 2 aromatic heterocycles. The molecule has 158 valence electrons. The molecular weight excluding hydrogens is 408 g/mol. The largest absolute Gasteiger partial charge is 0.378 e. The second-order valence-electron chi connectivity index (χ2n) is 7.61. The lowest BCUT2D eigenvalue weighted by molar-refractivity contribution is 0.0955. The fourth-order valence-corrected chi connectivity index (χ4v) is 4.92. The van der Waals surface area contributed by atoms with Gasteiger partial charge in [0.25, 0.3) is 5.91 Å². The summed E-state index contributed by atoms with van der Waals surface area (Å²) in [5, 5.41) is 8.72. The Balaban J connectivity index is 1.28. The molecule has 2 aromatic carbocycles. The van der Waals surface area contributed by atoms with Crippen molar-refractivity contribution < 1.29 is 9.53 Å².